The maximum atomic E-state index is 5.70. The van der Waals surface area contributed by atoms with E-state index < -0.39 is 0 Å². The first-order chi connectivity index (χ1) is 8.06. The average Bonchev–Trinajstić information content (AvgIpc) is 2.29. The minimum atomic E-state index is 0.677. The third-order valence-corrected chi connectivity index (χ3v) is 3.55. The first kappa shape index (κ1) is 12.3. The molecule has 4 N–H and O–H groups in total. The summed E-state index contributed by atoms with van der Waals surface area (Å²) in [4.78, 5) is 0. The Bertz CT molecular complexity index is 509. The summed E-state index contributed by atoms with van der Waals surface area (Å²) < 4.78 is 7.30. The zero-order valence-corrected chi connectivity index (χ0v) is 12.0. The van der Waals surface area contributed by atoms with Crippen LogP contribution in [0.25, 0.3) is 0 Å². The summed E-state index contributed by atoms with van der Waals surface area (Å²) in [6, 6.07) is 10.8. The lowest BCUT2D eigenvalue weighted by atomic mass is 10.3. The van der Waals surface area contributed by atoms with E-state index in [-0.39, 0.29) is 0 Å². The van der Waals surface area contributed by atoms with Crippen LogP contribution in [0.1, 0.15) is 0 Å². The molecule has 0 aliphatic carbocycles. The van der Waals surface area contributed by atoms with Crippen molar-refractivity contribution in [2.24, 2.45) is 0 Å². The zero-order chi connectivity index (χ0) is 12.4. The van der Waals surface area contributed by atoms with Gasteiger partial charge in [0.15, 0.2) is 0 Å². The van der Waals surface area contributed by atoms with Crippen LogP contribution in [0.2, 0.25) is 0 Å². The molecule has 0 amide bonds. The Hall–Kier alpha value is -1.20. The van der Waals surface area contributed by atoms with E-state index in [1.54, 1.807) is 12.1 Å². The molecule has 88 valence electrons. The van der Waals surface area contributed by atoms with Crippen LogP contribution in [-0.2, 0) is 0 Å². The van der Waals surface area contributed by atoms with Gasteiger partial charge in [-0.05, 0) is 68.3 Å². The Morgan fingerprint density at radius 1 is 0.765 bits per heavy atom. The highest BCUT2D eigenvalue weighted by Crippen LogP contribution is 2.31. The van der Waals surface area contributed by atoms with E-state index >= 15 is 0 Å². The summed E-state index contributed by atoms with van der Waals surface area (Å²) in [6.07, 6.45) is 0. The molecule has 0 unspecified atom stereocenters. The number of nitrogens with two attached hydrogens (primary N) is 2. The van der Waals surface area contributed by atoms with E-state index in [9.17, 15) is 0 Å². The van der Waals surface area contributed by atoms with Gasteiger partial charge in [0.1, 0.15) is 11.5 Å². The van der Waals surface area contributed by atoms with Crippen molar-refractivity contribution in [1.29, 1.82) is 0 Å². The summed E-state index contributed by atoms with van der Waals surface area (Å²) in [5.41, 5.74) is 12.8. The van der Waals surface area contributed by atoms with E-state index in [4.69, 9.17) is 16.2 Å². The van der Waals surface area contributed by atoms with Gasteiger partial charge in [0, 0.05) is 20.3 Å². The molecule has 0 aliphatic heterocycles. The third-order valence-electron chi connectivity index (χ3n) is 2.18. The van der Waals surface area contributed by atoms with Crippen LogP contribution in [0.5, 0.6) is 11.5 Å². The molecule has 17 heavy (non-hydrogen) atoms. The smallest absolute Gasteiger partial charge is 0.128 e. The van der Waals surface area contributed by atoms with Crippen molar-refractivity contribution < 1.29 is 4.74 Å². The van der Waals surface area contributed by atoms with Crippen molar-refractivity contribution >= 4 is 43.2 Å². The third kappa shape index (κ3) is 2.92. The Labute approximate surface area is 116 Å². The van der Waals surface area contributed by atoms with Gasteiger partial charge in [-0.2, -0.15) is 0 Å². The number of hydrogen-bond acceptors (Lipinski definition) is 3. The Balaban J connectivity index is 2.25. The minimum Gasteiger partial charge on any atom is -0.457 e. The Morgan fingerprint density at radius 3 is 1.53 bits per heavy atom. The molecule has 0 aliphatic rings. The maximum Gasteiger partial charge on any atom is 0.128 e. The molecule has 0 saturated heterocycles. The second kappa shape index (κ2) is 4.98. The van der Waals surface area contributed by atoms with Crippen LogP contribution in [0, 0.1) is 0 Å². The van der Waals surface area contributed by atoms with Gasteiger partial charge in [0.05, 0.1) is 0 Å². The first-order valence-electron chi connectivity index (χ1n) is 4.84. The normalized spacial score (nSPS) is 10.2. The number of rotatable bonds is 2. The highest BCUT2D eigenvalue weighted by Gasteiger charge is 2.03. The van der Waals surface area contributed by atoms with Gasteiger partial charge < -0.3 is 16.2 Å². The van der Waals surface area contributed by atoms with Crippen LogP contribution in [0.15, 0.2) is 45.3 Å². The van der Waals surface area contributed by atoms with E-state index in [1.807, 2.05) is 24.3 Å². The van der Waals surface area contributed by atoms with Gasteiger partial charge in [0.25, 0.3) is 0 Å². The van der Waals surface area contributed by atoms with Crippen LogP contribution in [0.4, 0.5) is 11.4 Å². The molecule has 0 spiro atoms. The highest BCUT2D eigenvalue weighted by atomic mass is 79.9. The number of nitrogen functional groups attached to an aromatic ring is 2. The van der Waals surface area contributed by atoms with E-state index in [1.165, 1.54) is 0 Å². The van der Waals surface area contributed by atoms with E-state index in [0.717, 1.165) is 8.95 Å². The lowest BCUT2D eigenvalue weighted by molar-refractivity contribution is 0.482. The quantitative estimate of drug-likeness (QED) is 0.793. The van der Waals surface area contributed by atoms with Gasteiger partial charge in [-0.15, -0.1) is 0 Å². The molecule has 2 aromatic carbocycles. The number of ether oxygens (including phenoxy) is 1. The molecular weight excluding hydrogens is 348 g/mol. The molecular formula is C12H10Br2N2O. The fourth-order valence-electron chi connectivity index (χ4n) is 1.28. The molecule has 0 fully saturated rings. The molecule has 3 nitrogen and oxygen atoms in total. The standard InChI is InChI=1S/C12H10Br2N2O/c13-9-5-7(1-3-11(9)15)17-8-2-4-12(16)10(14)6-8/h1-6H,15-16H2. The molecule has 2 rings (SSSR count). The number of hydrogen-bond donors (Lipinski definition) is 2. The maximum absolute atomic E-state index is 5.70. The number of benzene rings is 2. The average molecular weight is 358 g/mol. The van der Waals surface area contributed by atoms with Crippen LogP contribution in [-0.4, -0.2) is 0 Å². The van der Waals surface area contributed by atoms with Gasteiger partial charge in [0.2, 0.25) is 0 Å². The van der Waals surface area contributed by atoms with Crippen LogP contribution < -0.4 is 16.2 Å². The van der Waals surface area contributed by atoms with Crippen molar-refractivity contribution in [2.45, 2.75) is 0 Å². The van der Waals surface area contributed by atoms with Gasteiger partial charge in [-0.1, -0.05) is 0 Å². The van der Waals surface area contributed by atoms with Crippen molar-refractivity contribution in [3.63, 3.8) is 0 Å². The highest BCUT2D eigenvalue weighted by molar-refractivity contribution is 9.11. The molecule has 5 heteroatoms. The summed E-state index contributed by atoms with van der Waals surface area (Å²) in [7, 11) is 0. The SMILES string of the molecule is Nc1ccc(Oc2ccc(N)c(Br)c2)cc1Br. The molecule has 0 radical (unpaired) electrons. The predicted octanol–water partition coefficient (Wildman–Crippen LogP) is 4.17. The van der Waals surface area contributed by atoms with Crippen molar-refractivity contribution in [3.8, 4) is 11.5 Å². The summed E-state index contributed by atoms with van der Waals surface area (Å²) in [5, 5.41) is 0. The largest absolute Gasteiger partial charge is 0.457 e. The summed E-state index contributed by atoms with van der Waals surface area (Å²) in [5.74, 6) is 1.42. The molecule has 0 heterocycles. The molecule has 2 aromatic rings. The topological polar surface area (TPSA) is 61.3 Å². The second-order valence-corrected chi connectivity index (χ2v) is 5.18. The molecule has 0 aromatic heterocycles. The van der Waals surface area contributed by atoms with E-state index in [2.05, 4.69) is 31.9 Å². The van der Waals surface area contributed by atoms with Crippen molar-refractivity contribution in [3.05, 3.63) is 45.3 Å². The van der Waals surface area contributed by atoms with E-state index in [0.29, 0.717) is 22.9 Å². The predicted molar refractivity (Wildman–Crippen MR) is 77.2 cm³/mol. The van der Waals surface area contributed by atoms with Crippen molar-refractivity contribution in [2.75, 3.05) is 11.5 Å². The monoisotopic (exact) mass is 356 g/mol. The lowest BCUT2D eigenvalue weighted by Gasteiger charge is -2.08. The number of anilines is 2. The molecule has 0 bridgehead atoms. The Morgan fingerprint density at radius 2 is 1.18 bits per heavy atom. The zero-order valence-electron chi connectivity index (χ0n) is 8.78. The first-order valence-corrected chi connectivity index (χ1v) is 6.43. The van der Waals surface area contributed by atoms with Gasteiger partial charge in [-0.3, -0.25) is 0 Å². The lowest BCUT2D eigenvalue weighted by Crippen LogP contribution is -1.90. The van der Waals surface area contributed by atoms with Crippen LogP contribution >= 0.6 is 31.9 Å². The fourth-order valence-corrected chi connectivity index (χ4v) is 1.99. The minimum absolute atomic E-state index is 0.677. The summed E-state index contributed by atoms with van der Waals surface area (Å²) in [6.45, 7) is 0. The fraction of sp³-hybridized carbons (Fsp3) is 0. The van der Waals surface area contributed by atoms with Crippen molar-refractivity contribution in [1.82, 2.24) is 0 Å². The van der Waals surface area contributed by atoms with Gasteiger partial charge in [-0.25, -0.2) is 0 Å². The number of halogens is 2. The molecule has 0 atom stereocenters. The Kier molecular flexibility index (Phi) is 3.59. The summed E-state index contributed by atoms with van der Waals surface area (Å²) >= 11 is 6.70. The van der Waals surface area contributed by atoms with Crippen LogP contribution in [0.3, 0.4) is 0 Å². The molecule has 0 saturated carbocycles. The van der Waals surface area contributed by atoms with Gasteiger partial charge >= 0.3 is 0 Å². The second-order valence-electron chi connectivity index (χ2n) is 3.47.